The van der Waals surface area contributed by atoms with Crippen LogP contribution in [-0.2, 0) is 0 Å². The summed E-state index contributed by atoms with van der Waals surface area (Å²) in [4.78, 5) is 0. The Balaban J connectivity index is 2.30. The maximum Gasteiger partial charge on any atom is 0.573 e. The number of alkyl halides is 3. The Morgan fingerprint density at radius 3 is 2.47 bits per heavy atom. The molecule has 0 unspecified atom stereocenters. The monoisotopic (exact) mass is 354 g/mol. The van der Waals surface area contributed by atoms with Crippen molar-refractivity contribution in [3.63, 3.8) is 0 Å². The molecule has 0 bridgehead atoms. The Labute approximate surface area is 109 Å². The van der Waals surface area contributed by atoms with E-state index in [0.717, 1.165) is 5.56 Å². The first kappa shape index (κ1) is 12.3. The van der Waals surface area contributed by atoms with Crippen LogP contribution in [0.3, 0.4) is 0 Å². The zero-order valence-electron chi connectivity index (χ0n) is 8.29. The van der Waals surface area contributed by atoms with E-state index in [2.05, 4.69) is 4.74 Å². The standard InChI is InChI=1S/C11H6F3IO2/c12-11(13,14)17-7-3-4-8(9(15)6-7)10-2-1-5-16-10/h1-6H. The first-order valence-corrected chi connectivity index (χ1v) is 5.63. The smallest absolute Gasteiger partial charge is 0.464 e. The Kier molecular flexibility index (Phi) is 3.32. The third kappa shape index (κ3) is 3.15. The molecule has 0 spiro atoms. The normalized spacial score (nSPS) is 11.5. The zero-order valence-corrected chi connectivity index (χ0v) is 10.4. The summed E-state index contributed by atoms with van der Waals surface area (Å²) in [5, 5.41) is 0. The molecule has 0 aliphatic heterocycles. The van der Waals surface area contributed by atoms with Crippen molar-refractivity contribution in [1.29, 1.82) is 0 Å². The second-order valence-corrected chi connectivity index (χ2v) is 4.33. The molecule has 1 heterocycles. The highest BCUT2D eigenvalue weighted by Gasteiger charge is 2.31. The van der Waals surface area contributed by atoms with E-state index in [1.807, 2.05) is 22.6 Å². The Bertz CT molecular complexity index is 506. The van der Waals surface area contributed by atoms with Gasteiger partial charge in [-0.3, -0.25) is 0 Å². The van der Waals surface area contributed by atoms with Gasteiger partial charge in [0.15, 0.2) is 0 Å². The van der Waals surface area contributed by atoms with Gasteiger partial charge < -0.3 is 9.15 Å². The number of halogens is 4. The summed E-state index contributed by atoms with van der Waals surface area (Å²) in [6.07, 6.45) is -3.17. The molecule has 2 aromatic rings. The molecule has 0 amide bonds. The largest absolute Gasteiger partial charge is 0.573 e. The van der Waals surface area contributed by atoms with Crippen molar-refractivity contribution >= 4 is 22.6 Å². The summed E-state index contributed by atoms with van der Waals surface area (Å²) in [5.74, 6) is 0.366. The van der Waals surface area contributed by atoms with Crippen molar-refractivity contribution in [2.75, 3.05) is 0 Å². The van der Waals surface area contributed by atoms with Gasteiger partial charge in [-0.2, -0.15) is 0 Å². The molecule has 0 N–H and O–H groups in total. The highest BCUT2D eigenvalue weighted by Crippen LogP contribution is 2.31. The minimum atomic E-state index is -4.67. The second-order valence-electron chi connectivity index (χ2n) is 3.17. The fourth-order valence-electron chi connectivity index (χ4n) is 1.32. The van der Waals surface area contributed by atoms with Gasteiger partial charge in [-0.05, 0) is 52.9 Å². The maximum atomic E-state index is 12.0. The van der Waals surface area contributed by atoms with E-state index >= 15 is 0 Å². The molecule has 2 rings (SSSR count). The number of furan rings is 1. The van der Waals surface area contributed by atoms with E-state index in [-0.39, 0.29) is 5.75 Å². The van der Waals surface area contributed by atoms with Crippen LogP contribution >= 0.6 is 22.6 Å². The van der Waals surface area contributed by atoms with Crippen molar-refractivity contribution < 1.29 is 22.3 Å². The van der Waals surface area contributed by atoms with Crippen LogP contribution in [0.15, 0.2) is 41.0 Å². The topological polar surface area (TPSA) is 22.4 Å². The molecular formula is C11H6F3IO2. The second kappa shape index (κ2) is 4.59. The first-order valence-electron chi connectivity index (χ1n) is 4.55. The molecule has 0 radical (unpaired) electrons. The van der Waals surface area contributed by atoms with E-state index in [1.165, 1.54) is 24.5 Å². The quantitative estimate of drug-likeness (QED) is 0.744. The van der Waals surface area contributed by atoms with Gasteiger partial charge in [-0.1, -0.05) is 0 Å². The number of hydrogen-bond donors (Lipinski definition) is 0. The lowest BCUT2D eigenvalue weighted by molar-refractivity contribution is -0.274. The van der Waals surface area contributed by atoms with Crippen molar-refractivity contribution in [2.45, 2.75) is 6.36 Å². The van der Waals surface area contributed by atoms with Crippen molar-refractivity contribution in [3.05, 3.63) is 40.2 Å². The molecule has 0 aliphatic carbocycles. The summed E-state index contributed by atoms with van der Waals surface area (Å²) in [6, 6.07) is 7.55. The zero-order chi connectivity index (χ0) is 12.5. The van der Waals surface area contributed by atoms with Crippen LogP contribution < -0.4 is 4.74 Å². The summed E-state index contributed by atoms with van der Waals surface area (Å²) in [7, 11) is 0. The van der Waals surface area contributed by atoms with Crippen LogP contribution in [0.4, 0.5) is 13.2 Å². The number of hydrogen-bond acceptors (Lipinski definition) is 2. The van der Waals surface area contributed by atoms with Gasteiger partial charge in [0.2, 0.25) is 0 Å². The van der Waals surface area contributed by atoms with E-state index in [1.54, 1.807) is 12.1 Å². The number of rotatable bonds is 2. The van der Waals surface area contributed by atoms with Crippen LogP contribution in [0, 0.1) is 3.57 Å². The highest BCUT2D eigenvalue weighted by molar-refractivity contribution is 14.1. The van der Waals surface area contributed by atoms with Crippen LogP contribution in [0.2, 0.25) is 0 Å². The molecule has 2 nitrogen and oxygen atoms in total. The first-order chi connectivity index (χ1) is 7.96. The van der Waals surface area contributed by atoms with Gasteiger partial charge in [0.25, 0.3) is 0 Å². The molecule has 0 saturated heterocycles. The van der Waals surface area contributed by atoms with Gasteiger partial charge in [0, 0.05) is 9.13 Å². The lowest BCUT2D eigenvalue weighted by Gasteiger charge is -2.10. The molecule has 0 aliphatic rings. The van der Waals surface area contributed by atoms with Gasteiger partial charge in [0.05, 0.1) is 6.26 Å². The Morgan fingerprint density at radius 1 is 1.18 bits per heavy atom. The summed E-state index contributed by atoms with van der Waals surface area (Å²) in [5.41, 5.74) is 0.727. The van der Waals surface area contributed by atoms with Gasteiger partial charge in [-0.25, -0.2) is 0 Å². The predicted molar refractivity (Wildman–Crippen MR) is 63.5 cm³/mol. The lowest BCUT2D eigenvalue weighted by atomic mass is 10.2. The van der Waals surface area contributed by atoms with Crippen LogP contribution in [0.25, 0.3) is 11.3 Å². The fourth-order valence-corrected chi connectivity index (χ4v) is 2.08. The average molecular weight is 354 g/mol. The van der Waals surface area contributed by atoms with Crippen molar-refractivity contribution in [3.8, 4) is 17.1 Å². The Hall–Kier alpha value is -1.18. The summed E-state index contributed by atoms with van der Waals surface area (Å²) in [6.45, 7) is 0. The third-order valence-corrected chi connectivity index (χ3v) is 2.85. The van der Waals surface area contributed by atoms with Crippen molar-refractivity contribution in [2.24, 2.45) is 0 Å². The molecule has 0 saturated carbocycles. The summed E-state index contributed by atoms with van der Waals surface area (Å²) < 4.78 is 45.6. The minimum absolute atomic E-state index is 0.239. The molecule has 17 heavy (non-hydrogen) atoms. The van der Waals surface area contributed by atoms with E-state index < -0.39 is 6.36 Å². The average Bonchev–Trinajstić information content (AvgIpc) is 2.68. The summed E-state index contributed by atoms with van der Waals surface area (Å²) >= 11 is 1.93. The highest BCUT2D eigenvalue weighted by atomic mass is 127. The molecule has 1 aromatic heterocycles. The molecule has 1 aromatic carbocycles. The van der Waals surface area contributed by atoms with Gasteiger partial charge in [-0.15, -0.1) is 13.2 Å². The van der Waals surface area contributed by atoms with E-state index in [4.69, 9.17) is 4.42 Å². The lowest BCUT2D eigenvalue weighted by Crippen LogP contribution is -2.17. The van der Waals surface area contributed by atoms with Gasteiger partial charge in [0.1, 0.15) is 11.5 Å². The van der Waals surface area contributed by atoms with Gasteiger partial charge >= 0.3 is 6.36 Å². The Morgan fingerprint density at radius 2 is 1.94 bits per heavy atom. The third-order valence-electron chi connectivity index (χ3n) is 1.96. The number of benzene rings is 1. The van der Waals surface area contributed by atoms with Crippen LogP contribution in [0.5, 0.6) is 5.75 Å². The molecule has 6 heteroatoms. The maximum absolute atomic E-state index is 12.0. The minimum Gasteiger partial charge on any atom is -0.464 e. The van der Waals surface area contributed by atoms with E-state index in [9.17, 15) is 13.2 Å². The predicted octanol–water partition coefficient (Wildman–Crippen LogP) is 4.45. The molecule has 90 valence electrons. The SMILES string of the molecule is FC(F)(F)Oc1ccc(-c2ccco2)c(I)c1. The number of ether oxygens (including phenoxy) is 1. The molecule has 0 fully saturated rings. The van der Waals surface area contributed by atoms with Crippen LogP contribution in [0.1, 0.15) is 0 Å². The van der Waals surface area contributed by atoms with Crippen LogP contribution in [-0.4, -0.2) is 6.36 Å². The molecular weight excluding hydrogens is 348 g/mol. The van der Waals surface area contributed by atoms with E-state index in [0.29, 0.717) is 9.33 Å². The van der Waals surface area contributed by atoms with Crippen molar-refractivity contribution in [1.82, 2.24) is 0 Å². The molecule has 0 atom stereocenters. The fraction of sp³-hybridized carbons (Fsp3) is 0.0909.